The van der Waals surface area contributed by atoms with E-state index in [-0.39, 0.29) is 12.1 Å². The van der Waals surface area contributed by atoms with E-state index in [4.69, 9.17) is 9.97 Å². The van der Waals surface area contributed by atoms with Crippen LogP contribution in [-0.4, -0.2) is 38.7 Å². The van der Waals surface area contributed by atoms with Crippen molar-refractivity contribution in [1.82, 2.24) is 25.0 Å². The molecular formula is C29H28N7O+. The molecule has 37 heavy (non-hydrogen) atoms. The number of carbonyl (C=O) groups excluding carboxylic acids is 1. The first-order chi connectivity index (χ1) is 18.0. The Morgan fingerprint density at radius 3 is 2.51 bits per heavy atom. The Kier molecular flexibility index (Phi) is 5.37. The Balaban J connectivity index is 1.49. The van der Waals surface area contributed by atoms with Crippen molar-refractivity contribution in [2.75, 3.05) is 11.9 Å². The Bertz CT molecular complexity index is 1600. The quantitative estimate of drug-likeness (QED) is 0.327. The van der Waals surface area contributed by atoms with Gasteiger partial charge in [-0.3, -0.25) is 10.2 Å². The second-order valence-corrected chi connectivity index (χ2v) is 9.22. The van der Waals surface area contributed by atoms with Crippen molar-refractivity contribution in [3.63, 3.8) is 0 Å². The van der Waals surface area contributed by atoms with E-state index < -0.39 is 0 Å². The summed E-state index contributed by atoms with van der Waals surface area (Å²) in [6, 6.07) is 15.6. The summed E-state index contributed by atoms with van der Waals surface area (Å²) in [6.45, 7) is 11.1. The number of fused-ring (bicyclic) bond motifs is 4. The van der Waals surface area contributed by atoms with Crippen LogP contribution in [0.5, 0.6) is 0 Å². The summed E-state index contributed by atoms with van der Waals surface area (Å²) in [7, 11) is 2.02. The van der Waals surface area contributed by atoms with Gasteiger partial charge in [0.05, 0.1) is 24.3 Å². The summed E-state index contributed by atoms with van der Waals surface area (Å²) < 4.78 is 4.23. The monoisotopic (exact) mass is 490 g/mol. The van der Waals surface area contributed by atoms with Gasteiger partial charge in [-0.05, 0) is 37.3 Å². The average Bonchev–Trinajstić information content (AvgIpc) is 3.39. The van der Waals surface area contributed by atoms with E-state index in [0.717, 1.165) is 45.1 Å². The highest BCUT2D eigenvalue weighted by molar-refractivity contribution is 6.02. The molecule has 0 aliphatic carbocycles. The number of aromatic nitrogens is 4. The molecule has 1 unspecified atom stereocenters. The Morgan fingerprint density at radius 1 is 1.03 bits per heavy atom. The van der Waals surface area contributed by atoms with Gasteiger partial charge in [0.15, 0.2) is 11.7 Å². The van der Waals surface area contributed by atoms with Crippen molar-refractivity contribution in [3.05, 3.63) is 103 Å². The summed E-state index contributed by atoms with van der Waals surface area (Å²) in [5.74, 6) is 0.887. The number of hydrogen-bond acceptors (Lipinski definition) is 5. The number of imidazole rings is 1. The zero-order valence-corrected chi connectivity index (χ0v) is 20.9. The number of para-hydroxylation sites is 3. The number of hydrazine groups is 1. The van der Waals surface area contributed by atoms with Gasteiger partial charge in [-0.15, -0.1) is 0 Å². The maximum Gasteiger partial charge on any atom is 0.323 e. The van der Waals surface area contributed by atoms with E-state index >= 15 is 0 Å². The molecule has 2 aromatic carbocycles. The first kappa shape index (κ1) is 22.7. The second-order valence-electron chi connectivity index (χ2n) is 9.22. The van der Waals surface area contributed by atoms with Gasteiger partial charge in [0.1, 0.15) is 5.52 Å². The predicted octanol–water partition coefficient (Wildman–Crippen LogP) is 3.97. The number of nitrogens with zero attached hydrogens (tertiary/aromatic N) is 6. The van der Waals surface area contributed by atoms with Crippen LogP contribution in [0.15, 0.2) is 91.2 Å². The lowest BCUT2D eigenvalue weighted by Gasteiger charge is -2.40. The van der Waals surface area contributed by atoms with Crippen LogP contribution in [0, 0.1) is 0 Å². The normalized spacial score (nSPS) is 17.0. The molecule has 4 heterocycles. The van der Waals surface area contributed by atoms with E-state index in [9.17, 15) is 4.79 Å². The first-order valence-electron chi connectivity index (χ1n) is 12.2. The molecule has 6 rings (SSSR count). The number of benzene rings is 2. The van der Waals surface area contributed by atoms with Gasteiger partial charge in [-0.2, -0.15) is 0 Å². The Morgan fingerprint density at radius 2 is 1.76 bits per heavy atom. The summed E-state index contributed by atoms with van der Waals surface area (Å²) in [5, 5.41) is 1.70. The van der Waals surface area contributed by atoms with Crippen molar-refractivity contribution in [2.45, 2.75) is 26.2 Å². The number of rotatable bonds is 6. The van der Waals surface area contributed by atoms with Crippen molar-refractivity contribution in [3.8, 4) is 0 Å². The van der Waals surface area contributed by atoms with Crippen LogP contribution in [-0.2, 0) is 13.1 Å². The summed E-state index contributed by atoms with van der Waals surface area (Å²) in [6.07, 6.45) is 7.61. The molecule has 8 nitrogen and oxygen atoms in total. The lowest BCUT2D eigenvalue weighted by atomic mass is 10.0. The molecule has 0 saturated carbocycles. The second kappa shape index (κ2) is 8.74. The molecule has 8 heteroatoms. The Labute approximate surface area is 215 Å². The SMILES string of the molecule is C=CCn1c(C=CC2=C(C)NN3C(=O)c4ccccc4N(C)C23)[n+](CC=C)c2nc3ccccc3nc21. The van der Waals surface area contributed by atoms with Crippen LogP contribution in [0.1, 0.15) is 23.1 Å². The first-order valence-corrected chi connectivity index (χ1v) is 12.2. The van der Waals surface area contributed by atoms with E-state index in [1.165, 1.54) is 0 Å². The molecule has 0 radical (unpaired) electrons. The molecule has 1 N–H and O–H groups in total. The fourth-order valence-corrected chi connectivity index (χ4v) is 5.29. The molecule has 0 bridgehead atoms. The molecule has 0 spiro atoms. The molecule has 0 fully saturated rings. The fraction of sp³-hybridized carbons (Fsp3) is 0.172. The van der Waals surface area contributed by atoms with Gasteiger partial charge < -0.3 is 4.90 Å². The molecule has 184 valence electrons. The number of likely N-dealkylation sites (N-methyl/N-ethyl adjacent to an activating group) is 1. The van der Waals surface area contributed by atoms with Gasteiger partial charge in [-0.25, -0.2) is 19.1 Å². The number of carbonyl (C=O) groups is 1. The number of amides is 1. The smallest absolute Gasteiger partial charge is 0.323 e. The van der Waals surface area contributed by atoms with Crippen LogP contribution in [0.3, 0.4) is 0 Å². The lowest BCUT2D eigenvalue weighted by molar-refractivity contribution is -0.665. The Hall–Kier alpha value is -4.72. The highest BCUT2D eigenvalue weighted by atomic mass is 16.2. The summed E-state index contributed by atoms with van der Waals surface area (Å²) in [5.41, 5.74) is 10.1. The third-order valence-electron chi connectivity index (χ3n) is 6.98. The average molecular weight is 491 g/mol. The van der Waals surface area contributed by atoms with Crippen molar-refractivity contribution in [1.29, 1.82) is 0 Å². The standard InChI is InChI=1S/C29H27N7O/c1-5-17-34-25(35(18-6-2)27-26(34)30-22-12-8-9-13-23(22)31-27)16-15-20-19(3)32-36-28(20)33(4)24-14-10-7-11-21(24)29(36)37/h5-16,28H,1-2,17-18H2,3-4H3/p+1. The fourth-order valence-electron chi connectivity index (χ4n) is 5.29. The van der Waals surface area contributed by atoms with E-state index in [2.05, 4.69) is 44.8 Å². The minimum atomic E-state index is -0.262. The zero-order chi connectivity index (χ0) is 25.7. The highest BCUT2D eigenvalue weighted by Crippen LogP contribution is 2.36. The number of anilines is 1. The van der Waals surface area contributed by atoms with E-state index in [1.54, 1.807) is 5.01 Å². The van der Waals surface area contributed by atoms with Crippen molar-refractivity contribution < 1.29 is 9.36 Å². The maximum absolute atomic E-state index is 13.3. The lowest BCUT2D eigenvalue weighted by Crippen LogP contribution is -2.55. The highest BCUT2D eigenvalue weighted by Gasteiger charge is 2.42. The van der Waals surface area contributed by atoms with Crippen LogP contribution < -0.4 is 14.9 Å². The van der Waals surface area contributed by atoms with Crippen LogP contribution in [0.25, 0.3) is 28.4 Å². The molecular weight excluding hydrogens is 462 g/mol. The summed E-state index contributed by atoms with van der Waals surface area (Å²) in [4.78, 5) is 25.3. The largest absolute Gasteiger partial charge is 0.348 e. The minimum Gasteiger partial charge on any atom is -0.348 e. The van der Waals surface area contributed by atoms with Gasteiger partial charge >= 0.3 is 5.65 Å². The zero-order valence-electron chi connectivity index (χ0n) is 20.9. The summed E-state index contributed by atoms with van der Waals surface area (Å²) >= 11 is 0. The van der Waals surface area contributed by atoms with Crippen LogP contribution in [0.2, 0.25) is 0 Å². The molecule has 4 aromatic rings. The third kappa shape index (κ3) is 3.44. The van der Waals surface area contributed by atoms with Crippen molar-refractivity contribution >= 4 is 40.0 Å². The van der Waals surface area contributed by atoms with Gasteiger partial charge in [0.2, 0.25) is 5.82 Å². The number of allylic oxidation sites excluding steroid dienone is 3. The molecule has 1 amide bonds. The predicted molar refractivity (Wildman–Crippen MR) is 145 cm³/mol. The molecule has 2 aliphatic heterocycles. The van der Waals surface area contributed by atoms with E-state index in [0.29, 0.717) is 18.7 Å². The minimum absolute atomic E-state index is 0.0379. The number of hydrogen-bond donors (Lipinski definition) is 1. The van der Waals surface area contributed by atoms with Crippen LogP contribution >= 0.6 is 0 Å². The number of nitrogens with one attached hydrogen (secondary N) is 1. The van der Waals surface area contributed by atoms with Gasteiger partial charge in [0, 0.05) is 24.4 Å². The topological polar surface area (TPSA) is 70.2 Å². The maximum atomic E-state index is 13.3. The van der Waals surface area contributed by atoms with Gasteiger partial charge in [-0.1, -0.05) is 54.6 Å². The molecule has 1 atom stereocenters. The van der Waals surface area contributed by atoms with Crippen molar-refractivity contribution in [2.24, 2.45) is 0 Å². The molecule has 0 saturated heterocycles. The molecule has 2 aliphatic rings. The van der Waals surface area contributed by atoms with Gasteiger partial charge in [0.25, 0.3) is 11.6 Å². The van der Waals surface area contributed by atoms with Crippen LogP contribution in [0.4, 0.5) is 5.69 Å². The molecule has 2 aromatic heterocycles. The third-order valence-corrected chi connectivity index (χ3v) is 6.98. The van der Waals surface area contributed by atoms with E-state index in [1.807, 2.05) is 74.7 Å².